The highest BCUT2D eigenvalue weighted by Crippen LogP contribution is 2.25. The molecule has 1 aromatic carbocycles. The second-order valence-corrected chi connectivity index (χ2v) is 9.59. The summed E-state index contributed by atoms with van der Waals surface area (Å²) in [4.78, 5) is 17.0. The molecule has 0 bridgehead atoms. The van der Waals surface area contributed by atoms with Crippen molar-refractivity contribution in [1.29, 1.82) is 0 Å². The predicted octanol–water partition coefficient (Wildman–Crippen LogP) is 3.49. The molecule has 0 unspecified atom stereocenters. The molecular formula is C19H27N3O5S2. The van der Waals surface area contributed by atoms with E-state index in [0.29, 0.717) is 6.42 Å². The van der Waals surface area contributed by atoms with Crippen LogP contribution in [0.1, 0.15) is 56.4 Å². The zero-order valence-electron chi connectivity index (χ0n) is 17.0. The highest BCUT2D eigenvalue weighted by atomic mass is 32.2. The number of aromatic nitrogens is 1. The Bertz CT molecular complexity index is 918. The minimum atomic E-state index is -4.07. The number of alkyl carbamates (subject to hydrolysis) is 1. The molecule has 0 aliphatic carbocycles. The van der Waals surface area contributed by atoms with Crippen LogP contribution in [0.4, 0.5) is 4.79 Å². The normalized spacial score (nSPS) is 13.0. The Labute approximate surface area is 175 Å². The van der Waals surface area contributed by atoms with Gasteiger partial charge in [-0.1, -0.05) is 25.5 Å². The lowest BCUT2D eigenvalue weighted by atomic mass is 10.1. The molecule has 10 heteroatoms. The highest BCUT2D eigenvalue weighted by Gasteiger charge is 2.23. The number of aryl methyl sites for hydroxylation is 1. The Balaban J connectivity index is 2.18. The number of hydrogen-bond donors (Lipinski definition) is 2. The maximum Gasteiger partial charge on any atom is 0.408 e. The van der Waals surface area contributed by atoms with Crippen LogP contribution < -0.4 is 14.6 Å². The van der Waals surface area contributed by atoms with E-state index >= 15 is 0 Å². The van der Waals surface area contributed by atoms with Crippen molar-refractivity contribution in [2.24, 2.45) is 5.14 Å². The van der Waals surface area contributed by atoms with Crippen LogP contribution in [0, 0.1) is 0 Å². The van der Waals surface area contributed by atoms with Gasteiger partial charge in [0.25, 0.3) is 0 Å². The van der Waals surface area contributed by atoms with Gasteiger partial charge in [0.1, 0.15) is 16.4 Å². The van der Waals surface area contributed by atoms with E-state index in [-0.39, 0.29) is 11.8 Å². The lowest BCUT2D eigenvalue weighted by Crippen LogP contribution is -2.35. The van der Waals surface area contributed by atoms with Gasteiger partial charge in [0.2, 0.25) is 0 Å². The van der Waals surface area contributed by atoms with Gasteiger partial charge in [-0.3, -0.25) is 0 Å². The molecule has 0 aliphatic heterocycles. The van der Waals surface area contributed by atoms with E-state index in [1.54, 1.807) is 32.9 Å². The summed E-state index contributed by atoms with van der Waals surface area (Å²) in [5.41, 5.74) is 1.23. The maximum atomic E-state index is 12.3. The fourth-order valence-corrected chi connectivity index (χ4v) is 3.84. The van der Waals surface area contributed by atoms with Crippen molar-refractivity contribution in [3.8, 4) is 5.75 Å². The second kappa shape index (κ2) is 9.55. The van der Waals surface area contributed by atoms with Gasteiger partial charge in [0.05, 0.1) is 11.7 Å². The minimum absolute atomic E-state index is 0.118. The molecule has 29 heavy (non-hydrogen) atoms. The third kappa shape index (κ3) is 8.38. The van der Waals surface area contributed by atoms with Crippen LogP contribution in [-0.2, 0) is 27.9 Å². The molecule has 3 N–H and O–H groups in total. The smallest absolute Gasteiger partial charge is 0.408 e. The quantitative estimate of drug-likeness (QED) is 0.647. The van der Waals surface area contributed by atoms with E-state index in [1.807, 2.05) is 5.38 Å². The number of rotatable bonds is 8. The minimum Gasteiger partial charge on any atom is -0.444 e. The summed E-state index contributed by atoms with van der Waals surface area (Å²) in [6.45, 7) is 7.48. The fourth-order valence-electron chi connectivity index (χ4n) is 2.55. The van der Waals surface area contributed by atoms with E-state index in [0.717, 1.165) is 29.1 Å². The van der Waals surface area contributed by atoms with Crippen molar-refractivity contribution in [1.82, 2.24) is 10.3 Å². The Morgan fingerprint density at radius 2 is 1.93 bits per heavy atom. The number of hydrogen-bond acceptors (Lipinski definition) is 7. The molecule has 1 heterocycles. The van der Waals surface area contributed by atoms with Gasteiger partial charge < -0.3 is 14.2 Å². The van der Waals surface area contributed by atoms with Gasteiger partial charge >= 0.3 is 16.4 Å². The molecule has 0 aliphatic rings. The number of benzene rings is 1. The average molecular weight is 442 g/mol. The Hall–Kier alpha value is -2.17. The van der Waals surface area contributed by atoms with Crippen molar-refractivity contribution >= 4 is 27.7 Å². The standard InChI is InChI=1S/C19H27N3O5S2/c1-5-6-14-12-28-17(21-14)16(22-18(23)26-19(2,3)4)11-13-7-9-15(10-8-13)27-29(20,24)25/h7-10,12,16H,5-6,11H2,1-4H3,(H,22,23)(H2,20,24,25)/t16-/m0/s1. The first-order chi connectivity index (χ1) is 13.4. The monoisotopic (exact) mass is 441 g/mol. The third-order valence-electron chi connectivity index (χ3n) is 3.64. The van der Waals surface area contributed by atoms with E-state index in [9.17, 15) is 13.2 Å². The molecule has 1 amide bonds. The Kier molecular flexibility index (Phi) is 7.61. The lowest BCUT2D eigenvalue weighted by Gasteiger charge is -2.23. The molecule has 8 nitrogen and oxygen atoms in total. The predicted molar refractivity (Wildman–Crippen MR) is 112 cm³/mol. The summed E-state index contributed by atoms with van der Waals surface area (Å²) in [5.74, 6) is 0.118. The number of nitrogens with zero attached hydrogens (tertiary/aromatic N) is 1. The van der Waals surface area contributed by atoms with E-state index in [2.05, 4.69) is 21.4 Å². The zero-order valence-corrected chi connectivity index (χ0v) is 18.6. The van der Waals surface area contributed by atoms with Gasteiger partial charge in [-0.05, 0) is 51.3 Å². The number of carbonyl (C=O) groups excluding carboxylic acids is 1. The summed E-state index contributed by atoms with van der Waals surface area (Å²) >= 11 is 1.49. The number of carbonyl (C=O) groups is 1. The van der Waals surface area contributed by atoms with Gasteiger partial charge in [0.15, 0.2) is 0 Å². The number of nitrogens with two attached hydrogens (primary N) is 1. The third-order valence-corrected chi connectivity index (χ3v) is 5.07. The summed E-state index contributed by atoms with van der Waals surface area (Å²) in [7, 11) is -4.07. The second-order valence-electron chi connectivity index (χ2n) is 7.55. The summed E-state index contributed by atoms with van der Waals surface area (Å²) in [6, 6.07) is 6.06. The molecule has 2 aromatic rings. The molecule has 2 rings (SSSR count). The first-order valence-electron chi connectivity index (χ1n) is 9.20. The molecule has 160 valence electrons. The van der Waals surface area contributed by atoms with Crippen LogP contribution in [0.15, 0.2) is 29.6 Å². The van der Waals surface area contributed by atoms with Gasteiger partial charge in [-0.2, -0.15) is 13.6 Å². The van der Waals surface area contributed by atoms with Crippen LogP contribution in [0.25, 0.3) is 0 Å². The largest absolute Gasteiger partial charge is 0.444 e. The van der Waals surface area contributed by atoms with Crippen molar-refractivity contribution in [3.63, 3.8) is 0 Å². The molecule has 1 atom stereocenters. The summed E-state index contributed by atoms with van der Waals surface area (Å²) in [6.07, 6.45) is 1.78. The number of thiazole rings is 1. The van der Waals surface area contributed by atoms with Crippen molar-refractivity contribution in [2.45, 2.75) is 58.6 Å². The topological polar surface area (TPSA) is 121 Å². The maximum absolute atomic E-state index is 12.3. The Morgan fingerprint density at radius 1 is 1.28 bits per heavy atom. The molecule has 0 spiro atoms. The molecule has 0 saturated heterocycles. The van der Waals surface area contributed by atoms with Crippen molar-refractivity contribution in [3.05, 3.63) is 45.9 Å². The molecule has 0 radical (unpaired) electrons. The first-order valence-corrected chi connectivity index (χ1v) is 11.6. The zero-order chi connectivity index (χ0) is 21.7. The van der Waals surface area contributed by atoms with E-state index in [4.69, 9.17) is 9.88 Å². The van der Waals surface area contributed by atoms with Crippen LogP contribution in [0.3, 0.4) is 0 Å². The van der Waals surface area contributed by atoms with Crippen LogP contribution in [0.5, 0.6) is 5.75 Å². The van der Waals surface area contributed by atoms with Crippen LogP contribution in [-0.4, -0.2) is 25.1 Å². The number of amides is 1. The SMILES string of the molecule is CCCc1csc([C@H](Cc2ccc(OS(N)(=O)=O)cc2)NC(=O)OC(C)(C)C)n1. The van der Waals surface area contributed by atoms with Crippen LogP contribution >= 0.6 is 11.3 Å². The summed E-state index contributed by atoms with van der Waals surface area (Å²) in [5, 5.41) is 10.5. The fraction of sp³-hybridized carbons (Fsp3) is 0.474. The molecule has 0 saturated carbocycles. The van der Waals surface area contributed by atoms with Crippen molar-refractivity contribution in [2.75, 3.05) is 0 Å². The number of nitrogens with one attached hydrogen (secondary N) is 1. The number of ether oxygens (including phenoxy) is 1. The van der Waals surface area contributed by atoms with E-state index in [1.165, 1.54) is 23.5 Å². The summed E-state index contributed by atoms with van der Waals surface area (Å²) < 4.78 is 32.1. The van der Waals surface area contributed by atoms with Gasteiger partial charge in [-0.25, -0.2) is 9.78 Å². The first kappa shape index (κ1) is 23.1. The highest BCUT2D eigenvalue weighted by molar-refractivity contribution is 7.84. The molecular weight excluding hydrogens is 414 g/mol. The average Bonchev–Trinajstić information content (AvgIpc) is 3.02. The molecule has 0 fully saturated rings. The van der Waals surface area contributed by atoms with Gasteiger partial charge in [0, 0.05) is 5.38 Å². The van der Waals surface area contributed by atoms with Crippen molar-refractivity contribution < 1.29 is 22.1 Å². The molecule has 1 aromatic heterocycles. The van der Waals surface area contributed by atoms with Crippen LogP contribution in [0.2, 0.25) is 0 Å². The lowest BCUT2D eigenvalue weighted by molar-refractivity contribution is 0.0503. The van der Waals surface area contributed by atoms with E-state index < -0.39 is 22.0 Å². The Morgan fingerprint density at radius 3 is 2.48 bits per heavy atom. The van der Waals surface area contributed by atoms with Gasteiger partial charge in [-0.15, -0.1) is 11.3 Å².